The molecule has 1 atom stereocenters. The zero-order chi connectivity index (χ0) is 26.1. The molecule has 1 unspecified atom stereocenters. The standard InChI is InChI=1S/C29H36N2O5Si/c1-27(2,3)37(22-10-6-4-7-11-22,23-12-8-5-9-13-23)36-21-14-20(15-21)24-16-31(26(34)35-24)29-17-28(18-29,19-29)30-25(32)33/h4-13,20-21,24,30H,14-19H2,1-3H3,(H,32,33)/t20-,21+,24?,28?,29?. The Kier molecular flexibility index (Phi) is 5.51. The normalized spacial score (nSPS) is 32.6. The summed E-state index contributed by atoms with van der Waals surface area (Å²) in [5.41, 5.74) is -0.557. The summed E-state index contributed by atoms with van der Waals surface area (Å²) in [5.74, 6) is 0.288. The van der Waals surface area contributed by atoms with Crippen LogP contribution in [0.4, 0.5) is 9.59 Å². The number of cyclic esters (lactones) is 1. The van der Waals surface area contributed by atoms with Crippen molar-refractivity contribution in [3.05, 3.63) is 60.7 Å². The van der Waals surface area contributed by atoms with Crippen LogP contribution in [-0.4, -0.2) is 60.3 Å². The predicted octanol–water partition coefficient (Wildman–Crippen LogP) is 4.11. The van der Waals surface area contributed by atoms with E-state index in [9.17, 15) is 9.59 Å². The number of carbonyl (C=O) groups is 2. The van der Waals surface area contributed by atoms with E-state index in [1.165, 1.54) is 10.4 Å². The molecule has 0 radical (unpaired) electrons. The topological polar surface area (TPSA) is 88.1 Å². The first kappa shape index (κ1) is 24.5. The fraction of sp³-hybridized carbons (Fsp3) is 0.517. The van der Waals surface area contributed by atoms with Crippen LogP contribution in [0.3, 0.4) is 0 Å². The highest BCUT2D eigenvalue weighted by Gasteiger charge is 2.73. The van der Waals surface area contributed by atoms with Crippen molar-refractivity contribution in [2.75, 3.05) is 6.54 Å². The smallest absolute Gasteiger partial charge is 0.410 e. The van der Waals surface area contributed by atoms with E-state index in [0.717, 1.165) is 12.8 Å². The van der Waals surface area contributed by atoms with E-state index in [1.807, 2.05) is 4.90 Å². The molecule has 2 aromatic rings. The maximum Gasteiger partial charge on any atom is 0.410 e. The van der Waals surface area contributed by atoms with Crippen LogP contribution in [0.15, 0.2) is 60.7 Å². The molecular formula is C29H36N2O5Si. The lowest BCUT2D eigenvalue weighted by atomic mass is 9.43. The lowest BCUT2D eigenvalue weighted by molar-refractivity contribution is -0.152. The Bertz CT molecular complexity index is 1130. The molecule has 2 bridgehead atoms. The second kappa shape index (κ2) is 8.33. The lowest BCUT2D eigenvalue weighted by Crippen LogP contribution is -2.83. The van der Waals surface area contributed by atoms with Gasteiger partial charge in [-0.2, -0.15) is 0 Å². The van der Waals surface area contributed by atoms with Gasteiger partial charge in [0.25, 0.3) is 8.32 Å². The molecule has 5 fully saturated rings. The monoisotopic (exact) mass is 520 g/mol. The summed E-state index contributed by atoms with van der Waals surface area (Å²) in [6.07, 6.45) is 2.61. The van der Waals surface area contributed by atoms with Crippen molar-refractivity contribution < 1.29 is 23.9 Å². The van der Waals surface area contributed by atoms with Gasteiger partial charge in [0.15, 0.2) is 0 Å². The molecule has 0 spiro atoms. The van der Waals surface area contributed by atoms with E-state index in [4.69, 9.17) is 14.3 Å². The molecule has 4 saturated carbocycles. The highest BCUT2D eigenvalue weighted by atomic mass is 28.4. The maximum atomic E-state index is 12.8. The number of rotatable bonds is 7. The molecule has 4 aliphatic carbocycles. The van der Waals surface area contributed by atoms with Gasteiger partial charge in [0.05, 0.1) is 17.6 Å². The van der Waals surface area contributed by atoms with Gasteiger partial charge in [0.1, 0.15) is 6.10 Å². The number of nitrogens with zero attached hydrogens (tertiary/aromatic N) is 1. The number of carbonyl (C=O) groups excluding carboxylic acids is 1. The fourth-order valence-corrected chi connectivity index (χ4v) is 12.2. The van der Waals surface area contributed by atoms with Crippen molar-refractivity contribution in [1.82, 2.24) is 10.2 Å². The van der Waals surface area contributed by atoms with Crippen LogP contribution in [0.2, 0.25) is 5.04 Å². The molecule has 1 saturated heterocycles. The summed E-state index contributed by atoms with van der Waals surface area (Å²) in [5, 5.41) is 14.2. The number of nitrogens with one attached hydrogen (secondary N) is 1. The highest BCUT2D eigenvalue weighted by molar-refractivity contribution is 6.99. The summed E-state index contributed by atoms with van der Waals surface area (Å²) < 4.78 is 13.1. The summed E-state index contributed by atoms with van der Waals surface area (Å²) in [6.45, 7) is 7.48. The number of benzene rings is 2. The Morgan fingerprint density at radius 3 is 2.05 bits per heavy atom. The minimum absolute atomic E-state index is 0.0679. The van der Waals surface area contributed by atoms with Gasteiger partial charge in [0.2, 0.25) is 0 Å². The highest BCUT2D eigenvalue weighted by Crippen LogP contribution is 2.64. The van der Waals surface area contributed by atoms with Crippen LogP contribution in [0, 0.1) is 5.92 Å². The average molecular weight is 521 g/mol. The SMILES string of the molecule is CC(C)(C)[Si](O[C@H]1C[C@@H](C2CN(C34CC(NC(=O)O)(C3)C4)C(=O)O2)C1)(c1ccccc1)c1ccccc1. The van der Waals surface area contributed by atoms with Gasteiger partial charge in [-0.05, 0) is 47.5 Å². The maximum absolute atomic E-state index is 12.8. The summed E-state index contributed by atoms with van der Waals surface area (Å²) in [4.78, 5) is 25.7. The quantitative estimate of drug-likeness (QED) is 0.537. The largest absolute Gasteiger partial charge is 0.465 e. The molecule has 7 nitrogen and oxygen atoms in total. The van der Waals surface area contributed by atoms with Gasteiger partial charge in [-0.1, -0.05) is 81.4 Å². The first-order valence-electron chi connectivity index (χ1n) is 13.3. The molecule has 1 aliphatic heterocycles. The van der Waals surface area contributed by atoms with Gasteiger partial charge in [0, 0.05) is 12.0 Å². The molecule has 2 aromatic carbocycles. The molecular weight excluding hydrogens is 484 g/mol. The molecule has 5 aliphatic rings. The Morgan fingerprint density at radius 1 is 1.03 bits per heavy atom. The van der Waals surface area contributed by atoms with Crippen LogP contribution >= 0.6 is 0 Å². The van der Waals surface area contributed by atoms with E-state index >= 15 is 0 Å². The van der Waals surface area contributed by atoms with Crippen molar-refractivity contribution in [2.24, 2.45) is 5.92 Å². The molecule has 2 amide bonds. The molecule has 196 valence electrons. The van der Waals surface area contributed by atoms with Crippen molar-refractivity contribution in [3.63, 3.8) is 0 Å². The van der Waals surface area contributed by atoms with Crippen molar-refractivity contribution in [2.45, 2.75) is 81.2 Å². The van der Waals surface area contributed by atoms with Gasteiger partial charge >= 0.3 is 12.2 Å². The molecule has 1 heterocycles. The Morgan fingerprint density at radius 2 is 1.57 bits per heavy atom. The lowest BCUT2D eigenvalue weighted by Gasteiger charge is -2.72. The third-order valence-electron chi connectivity index (χ3n) is 9.20. The zero-order valence-electron chi connectivity index (χ0n) is 21.8. The first-order chi connectivity index (χ1) is 17.6. The first-order valence-corrected chi connectivity index (χ1v) is 15.3. The van der Waals surface area contributed by atoms with Gasteiger partial charge in [-0.25, -0.2) is 9.59 Å². The van der Waals surface area contributed by atoms with Crippen LogP contribution < -0.4 is 15.7 Å². The van der Waals surface area contributed by atoms with Crippen LogP contribution in [0.5, 0.6) is 0 Å². The molecule has 0 aromatic heterocycles. The number of carboxylic acid groups (broad SMARTS) is 1. The molecule has 8 heteroatoms. The van der Waals surface area contributed by atoms with Crippen LogP contribution in [0.25, 0.3) is 0 Å². The Hall–Kier alpha value is -2.84. The molecule has 2 N–H and O–H groups in total. The van der Waals surface area contributed by atoms with E-state index < -0.39 is 14.4 Å². The third kappa shape index (κ3) is 3.79. The summed E-state index contributed by atoms with van der Waals surface area (Å²) in [7, 11) is -2.59. The Balaban J connectivity index is 1.15. The minimum Gasteiger partial charge on any atom is -0.465 e. The van der Waals surface area contributed by atoms with Crippen molar-refractivity contribution in [3.8, 4) is 0 Å². The third-order valence-corrected chi connectivity index (χ3v) is 14.3. The van der Waals surface area contributed by atoms with Gasteiger partial charge in [-0.3, -0.25) is 4.90 Å². The number of amides is 2. The molecule has 37 heavy (non-hydrogen) atoms. The average Bonchev–Trinajstić information content (AvgIpc) is 3.15. The van der Waals surface area contributed by atoms with E-state index in [0.29, 0.717) is 25.8 Å². The van der Waals surface area contributed by atoms with E-state index in [2.05, 4.69) is 86.8 Å². The predicted molar refractivity (Wildman–Crippen MR) is 143 cm³/mol. The van der Waals surface area contributed by atoms with E-state index in [1.54, 1.807) is 0 Å². The number of ether oxygens (including phenoxy) is 1. The summed E-state index contributed by atoms with van der Waals surface area (Å²) >= 11 is 0. The zero-order valence-corrected chi connectivity index (χ0v) is 22.8. The van der Waals surface area contributed by atoms with Gasteiger partial charge in [-0.15, -0.1) is 0 Å². The van der Waals surface area contributed by atoms with Crippen molar-refractivity contribution >= 4 is 30.9 Å². The Labute approximate surface area is 219 Å². The number of hydrogen-bond donors (Lipinski definition) is 2. The molecule has 7 rings (SSSR count). The fourth-order valence-electron chi connectivity index (χ4n) is 7.44. The van der Waals surface area contributed by atoms with E-state index in [-0.39, 0.29) is 40.3 Å². The number of hydrogen-bond acceptors (Lipinski definition) is 4. The minimum atomic E-state index is -2.59. The van der Waals surface area contributed by atoms with Crippen molar-refractivity contribution in [1.29, 1.82) is 0 Å². The van der Waals surface area contributed by atoms with Crippen LogP contribution in [0.1, 0.15) is 52.9 Å². The van der Waals surface area contributed by atoms with Crippen LogP contribution in [-0.2, 0) is 9.16 Å². The second-order valence-electron chi connectivity index (χ2n) is 12.6. The van der Waals surface area contributed by atoms with Gasteiger partial charge < -0.3 is 19.6 Å². The second-order valence-corrected chi connectivity index (χ2v) is 16.9. The summed E-state index contributed by atoms with van der Waals surface area (Å²) in [6, 6.07) is 21.4.